The highest BCUT2D eigenvalue weighted by Crippen LogP contribution is 2.29. The zero-order chi connectivity index (χ0) is 21.7. The normalized spacial score (nSPS) is 11.3. The van der Waals surface area contributed by atoms with Crippen molar-refractivity contribution in [1.29, 1.82) is 0 Å². The van der Waals surface area contributed by atoms with Crippen molar-refractivity contribution in [2.24, 2.45) is 0 Å². The van der Waals surface area contributed by atoms with Crippen LogP contribution in [0.4, 0.5) is 10.8 Å². The lowest BCUT2D eigenvalue weighted by molar-refractivity contribution is -0.114. The predicted molar refractivity (Wildman–Crippen MR) is 122 cm³/mol. The van der Waals surface area contributed by atoms with Crippen LogP contribution in [0.2, 0.25) is 5.02 Å². The highest BCUT2D eigenvalue weighted by Gasteiger charge is 2.28. The minimum Gasteiger partial charge on any atom is -0.299 e. The molecule has 0 saturated carbocycles. The Bertz CT molecular complexity index is 1140. The molecule has 30 heavy (non-hydrogen) atoms. The van der Waals surface area contributed by atoms with E-state index in [4.69, 9.17) is 11.6 Å². The molecule has 3 aromatic rings. The number of amides is 1. The number of sulfonamides is 1. The molecule has 0 bridgehead atoms. The molecule has 0 fully saturated rings. The average Bonchev–Trinajstić information content (AvgIpc) is 3.16. The number of aromatic nitrogens is 2. The Balaban J connectivity index is 1.90. The zero-order valence-corrected chi connectivity index (χ0v) is 19.4. The molecule has 3 rings (SSSR count). The molecule has 0 aliphatic heterocycles. The molecule has 0 unspecified atom stereocenters. The topological polar surface area (TPSA) is 92.3 Å². The van der Waals surface area contributed by atoms with Gasteiger partial charge in [-0.15, -0.1) is 10.2 Å². The van der Waals surface area contributed by atoms with E-state index < -0.39 is 22.5 Å². The molecule has 1 aromatic heterocycles. The second kappa shape index (κ2) is 9.78. The Hall–Kier alpha value is -2.14. The third-order valence-corrected chi connectivity index (χ3v) is 8.03. The van der Waals surface area contributed by atoms with E-state index in [0.717, 1.165) is 20.0 Å². The molecular weight excluding hydrogens is 464 g/mol. The molecule has 1 amide bonds. The molecule has 7 nitrogen and oxygen atoms in total. The molecule has 2 aromatic carbocycles. The first kappa shape index (κ1) is 22.5. The van der Waals surface area contributed by atoms with Gasteiger partial charge in [-0.25, -0.2) is 8.42 Å². The van der Waals surface area contributed by atoms with Crippen molar-refractivity contribution in [3.05, 3.63) is 59.1 Å². The summed E-state index contributed by atoms with van der Waals surface area (Å²) in [7, 11) is -4.00. The fraction of sp³-hybridized carbons (Fsp3) is 0.211. The number of hydrogen-bond acceptors (Lipinski definition) is 7. The first-order valence-electron chi connectivity index (χ1n) is 8.91. The van der Waals surface area contributed by atoms with Gasteiger partial charge in [-0.05, 0) is 42.5 Å². The Morgan fingerprint density at radius 2 is 1.93 bits per heavy atom. The number of benzene rings is 2. The van der Waals surface area contributed by atoms with Crippen LogP contribution in [0.5, 0.6) is 0 Å². The van der Waals surface area contributed by atoms with Crippen LogP contribution >= 0.6 is 34.7 Å². The molecule has 1 N–H and O–H groups in total. The standard InChI is InChI=1S/C19H19ClN4O3S3/c1-3-28-19-23-22-18(29-19)21-17(25)12-24(14-10-9-13(2)16(20)11-14)30(26,27)15-7-5-4-6-8-15/h4-11H,3,12H2,1-2H3,(H,21,22,25). The van der Waals surface area contributed by atoms with Crippen LogP contribution in [-0.2, 0) is 14.8 Å². The first-order chi connectivity index (χ1) is 14.3. The summed E-state index contributed by atoms with van der Waals surface area (Å²) in [6.45, 7) is 3.37. The summed E-state index contributed by atoms with van der Waals surface area (Å²) in [6, 6.07) is 12.8. The molecule has 0 aliphatic carbocycles. The number of halogens is 1. The quantitative estimate of drug-likeness (QED) is 0.376. The highest BCUT2D eigenvalue weighted by molar-refractivity contribution is 8.01. The molecule has 0 spiro atoms. The number of nitrogens with zero attached hydrogens (tertiary/aromatic N) is 3. The second-order valence-corrected chi connectivity index (χ2v) is 10.9. The number of carbonyl (C=O) groups excluding carboxylic acids is 1. The summed E-state index contributed by atoms with van der Waals surface area (Å²) in [5.74, 6) is 0.301. The van der Waals surface area contributed by atoms with Gasteiger partial charge >= 0.3 is 0 Å². The minimum atomic E-state index is -4.00. The Labute approximate surface area is 188 Å². The van der Waals surface area contributed by atoms with E-state index in [0.29, 0.717) is 15.8 Å². The van der Waals surface area contributed by atoms with Gasteiger partial charge in [-0.2, -0.15) is 0 Å². The van der Waals surface area contributed by atoms with Crippen molar-refractivity contribution in [2.75, 3.05) is 21.9 Å². The number of rotatable bonds is 8. The van der Waals surface area contributed by atoms with E-state index >= 15 is 0 Å². The highest BCUT2D eigenvalue weighted by atomic mass is 35.5. The Morgan fingerprint density at radius 1 is 1.20 bits per heavy atom. The van der Waals surface area contributed by atoms with Crippen LogP contribution in [0.1, 0.15) is 12.5 Å². The number of hydrogen-bond donors (Lipinski definition) is 1. The number of carbonyl (C=O) groups is 1. The average molecular weight is 483 g/mol. The fourth-order valence-corrected chi connectivity index (χ4v) is 5.78. The maximum Gasteiger partial charge on any atom is 0.264 e. The molecule has 1 heterocycles. The first-order valence-corrected chi connectivity index (χ1v) is 12.5. The SMILES string of the molecule is CCSc1nnc(NC(=O)CN(c2ccc(C)c(Cl)c2)S(=O)(=O)c2ccccc2)s1. The summed E-state index contributed by atoms with van der Waals surface area (Å²) < 4.78 is 28.3. The minimum absolute atomic E-state index is 0.0760. The lowest BCUT2D eigenvalue weighted by atomic mass is 10.2. The van der Waals surface area contributed by atoms with Crippen LogP contribution in [0, 0.1) is 6.92 Å². The van der Waals surface area contributed by atoms with Crippen molar-refractivity contribution in [3.63, 3.8) is 0 Å². The summed E-state index contributed by atoms with van der Waals surface area (Å²) in [6.07, 6.45) is 0. The molecular formula is C19H19ClN4O3S3. The van der Waals surface area contributed by atoms with E-state index in [-0.39, 0.29) is 4.90 Å². The summed E-state index contributed by atoms with van der Waals surface area (Å²) in [5, 5.41) is 11.3. The van der Waals surface area contributed by atoms with E-state index in [1.807, 2.05) is 13.8 Å². The smallest absolute Gasteiger partial charge is 0.264 e. The lowest BCUT2D eigenvalue weighted by Crippen LogP contribution is -2.38. The predicted octanol–water partition coefficient (Wildman–Crippen LogP) is 4.45. The number of thioether (sulfide) groups is 1. The van der Waals surface area contributed by atoms with E-state index in [1.165, 1.54) is 41.3 Å². The van der Waals surface area contributed by atoms with Gasteiger partial charge in [0.2, 0.25) is 11.0 Å². The zero-order valence-electron chi connectivity index (χ0n) is 16.2. The van der Waals surface area contributed by atoms with E-state index in [9.17, 15) is 13.2 Å². The van der Waals surface area contributed by atoms with Crippen molar-refractivity contribution in [2.45, 2.75) is 23.1 Å². The van der Waals surface area contributed by atoms with Gasteiger partial charge in [0.05, 0.1) is 10.6 Å². The molecule has 11 heteroatoms. The maximum atomic E-state index is 13.3. The van der Waals surface area contributed by atoms with Gasteiger partial charge in [0.1, 0.15) is 6.54 Å². The summed E-state index contributed by atoms with van der Waals surface area (Å²) in [5.41, 5.74) is 1.10. The van der Waals surface area contributed by atoms with E-state index in [1.54, 1.807) is 30.3 Å². The summed E-state index contributed by atoms with van der Waals surface area (Å²) in [4.78, 5) is 12.8. The molecule has 0 atom stereocenters. The molecule has 0 aliphatic rings. The van der Waals surface area contributed by atoms with Crippen molar-refractivity contribution < 1.29 is 13.2 Å². The van der Waals surface area contributed by atoms with Crippen LogP contribution in [0.3, 0.4) is 0 Å². The van der Waals surface area contributed by atoms with Crippen molar-refractivity contribution >= 4 is 61.4 Å². The number of nitrogens with one attached hydrogen (secondary N) is 1. The number of aryl methyl sites for hydroxylation is 1. The molecule has 0 saturated heterocycles. The Morgan fingerprint density at radius 3 is 2.60 bits per heavy atom. The molecule has 0 radical (unpaired) electrons. The van der Waals surface area contributed by atoms with Crippen LogP contribution < -0.4 is 9.62 Å². The monoisotopic (exact) mass is 482 g/mol. The van der Waals surface area contributed by atoms with Crippen LogP contribution in [-0.4, -0.2) is 36.8 Å². The van der Waals surface area contributed by atoms with Crippen LogP contribution in [0.25, 0.3) is 0 Å². The van der Waals surface area contributed by atoms with Gasteiger partial charge in [0, 0.05) is 5.02 Å². The van der Waals surface area contributed by atoms with Crippen molar-refractivity contribution in [3.8, 4) is 0 Å². The van der Waals surface area contributed by atoms with Gasteiger partial charge in [-0.3, -0.25) is 14.4 Å². The largest absolute Gasteiger partial charge is 0.299 e. The fourth-order valence-electron chi connectivity index (χ4n) is 2.50. The van der Waals surface area contributed by atoms with Gasteiger partial charge in [0.25, 0.3) is 10.0 Å². The third kappa shape index (κ3) is 5.31. The van der Waals surface area contributed by atoms with Gasteiger partial charge in [0.15, 0.2) is 4.34 Å². The number of anilines is 2. The Kier molecular flexibility index (Phi) is 7.35. The van der Waals surface area contributed by atoms with E-state index in [2.05, 4.69) is 15.5 Å². The second-order valence-electron chi connectivity index (χ2n) is 6.11. The van der Waals surface area contributed by atoms with Crippen molar-refractivity contribution in [1.82, 2.24) is 10.2 Å². The van der Waals surface area contributed by atoms with Gasteiger partial charge in [-0.1, -0.05) is 65.9 Å². The lowest BCUT2D eigenvalue weighted by Gasteiger charge is -2.24. The van der Waals surface area contributed by atoms with Gasteiger partial charge < -0.3 is 0 Å². The third-order valence-electron chi connectivity index (χ3n) is 3.98. The molecule has 158 valence electrons. The maximum absolute atomic E-state index is 13.3. The summed E-state index contributed by atoms with van der Waals surface area (Å²) >= 11 is 8.96. The van der Waals surface area contributed by atoms with Crippen LogP contribution in [0.15, 0.2) is 57.8 Å².